The molecule has 0 bridgehead atoms. The number of primary amides is 1. The van der Waals surface area contributed by atoms with Crippen molar-refractivity contribution >= 4 is 17.6 Å². The minimum Gasteiger partial charge on any atom is -0.465 e. The van der Waals surface area contributed by atoms with Crippen LogP contribution in [0.25, 0.3) is 0 Å². The summed E-state index contributed by atoms with van der Waals surface area (Å²) in [6.07, 6.45) is 0. The van der Waals surface area contributed by atoms with Gasteiger partial charge >= 0.3 is 5.97 Å². The molecule has 0 saturated heterocycles. The summed E-state index contributed by atoms with van der Waals surface area (Å²) in [5, 5.41) is 2.95. The standard InChI is InChI=1S/C12H16N2O3/c1-7-4-5-9(12(16)17-3)6-10(7)14-8(2)11(13)15/h4-6,8,14H,1-3H3,(H2,13,15)/t8-/m0/s1. The molecule has 0 fully saturated rings. The fraction of sp³-hybridized carbons (Fsp3) is 0.333. The van der Waals surface area contributed by atoms with E-state index in [9.17, 15) is 9.59 Å². The lowest BCUT2D eigenvalue weighted by atomic mass is 10.1. The predicted octanol–water partition coefficient (Wildman–Crippen LogP) is 1.07. The summed E-state index contributed by atoms with van der Waals surface area (Å²) in [7, 11) is 1.32. The van der Waals surface area contributed by atoms with Crippen molar-refractivity contribution in [3.05, 3.63) is 29.3 Å². The monoisotopic (exact) mass is 236 g/mol. The Kier molecular flexibility index (Phi) is 4.09. The lowest BCUT2D eigenvalue weighted by Gasteiger charge is -2.14. The minimum atomic E-state index is -0.499. The van der Waals surface area contributed by atoms with Gasteiger partial charge in [-0.2, -0.15) is 0 Å². The largest absolute Gasteiger partial charge is 0.465 e. The highest BCUT2D eigenvalue weighted by Crippen LogP contribution is 2.18. The van der Waals surface area contributed by atoms with Crippen LogP contribution in [-0.4, -0.2) is 25.0 Å². The maximum Gasteiger partial charge on any atom is 0.337 e. The molecular formula is C12H16N2O3. The second-order valence-electron chi connectivity index (χ2n) is 3.79. The molecule has 1 amide bonds. The van der Waals surface area contributed by atoms with E-state index in [0.717, 1.165) is 5.56 Å². The molecule has 0 aromatic heterocycles. The van der Waals surface area contributed by atoms with Gasteiger partial charge in [-0.3, -0.25) is 4.79 Å². The summed E-state index contributed by atoms with van der Waals surface area (Å²) in [5.41, 5.74) is 7.21. The van der Waals surface area contributed by atoms with Gasteiger partial charge in [-0.1, -0.05) is 6.07 Å². The third kappa shape index (κ3) is 3.21. The molecule has 0 aliphatic carbocycles. The van der Waals surface area contributed by atoms with E-state index in [4.69, 9.17) is 5.73 Å². The number of esters is 1. The Balaban J connectivity index is 2.98. The molecule has 0 spiro atoms. The number of carbonyl (C=O) groups excluding carboxylic acids is 2. The smallest absolute Gasteiger partial charge is 0.337 e. The van der Waals surface area contributed by atoms with Crippen LogP contribution in [0.2, 0.25) is 0 Å². The zero-order chi connectivity index (χ0) is 13.0. The minimum absolute atomic E-state index is 0.417. The zero-order valence-electron chi connectivity index (χ0n) is 10.1. The van der Waals surface area contributed by atoms with Crippen molar-refractivity contribution in [3.8, 4) is 0 Å². The van der Waals surface area contributed by atoms with E-state index in [-0.39, 0.29) is 0 Å². The van der Waals surface area contributed by atoms with E-state index in [1.165, 1.54) is 7.11 Å². The lowest BCUT2D eigenvalue weighted by molar-refractivity contribution is -0.118. The number of nitrogens with two attached hydrogens (primary N) is 1. The molecule has 3 N–H and O–H groups in total. The first-order chi connectivity index (χ1) is 7.95. The number of hydrogen-bond donors (Lipinski definition) is 2. The number of methoxy groups -OCH3 is 1. The molecule has 5 heteroatoms. The van der Waals surface area contributed by atoms with Crippen LogP contribution >= 0.6 is 0 Å². The molecule has 0 radical (unpaired) electrons. The number of ether oxygens (including phenoxy) is 1. The molecule has 17 heavy (non-hydrogen) atoms. The highest BCUT2D eigenvalue weighted by molar-refractivity contribution is 5.91. The van der Waals surface area contributed by atoms with E-state index in [1.54, 1.807) is 25.1 Å². The summed E-state index contributed by atoms with van der Waals surface area (Å²) in [6, 6.07) is 4.59. The predicted molar refractivity (Wildman–Crippen MR) is 64.8 cm³/mol. The average molecular weight is 236 g/mol. The van der Waals surface area contributed by atoms with Gasteiger partial charge in [-0.25, -0.2) is 4.79 Å². The van der Waals surface area contributed by atoms with Crippen molar-refractivity contribution in [2.45, 2.75) is 19.9 Å². The molecular weight excluding hydrogens is 220 g/mol. The molecule has 0 unspecified atom stereocenters. The summed E-state index contributed by atoms with van der Waals surface area (Å²) < 4.78 is 4.63. The van der Waals surface area contributed by atoms with Crippen molar-refractivity contribution in [2.24, 2.45) is 5.73 Å². The second kappa shape index (κ2) is 5.34. The van der Waals surface area contributed by atoms with Crippen molar-refractivity contribution < 1.29 is 14.3 Å². The van der Waals surface area contributed by atoms with Crippen LogP contribution in [0.1, 0.15) is 22.8 Å². The Bertz CT molecular complexity index is 443. The molecule has 5 nitrogen and oxygen atoms in total. The number of nitrogens with one attached hydrogen (secondary N) is 1. The molecule has 0 heterocycles. The van der Waals surface area contributed by atoms with Gasteiger partial charge in [0.25, 0.3) is 0 Å². The van der Waals surface area contributed by atoms with Crippen molar-refractivity contribution in [1.29, 1.82) is 0 Å². The molecule has 1 aromatic carbocycles. The number of amides is 1. The maximum absolute atomic E-state index is 11.4. The molecule has 92 valence electrons. The highest BCUT2D eigenvalue weighted by atomic mass is 16.5. The molecule has 1 aromatic rings. The Hall–Kier alpha value is -2.04. The molecule has 1 atom stereocenters. The Morgan fingerprint density at radius 1 is 1.41 bits per heavy atom. The quantitative estimate of drug-likeness (QED) is 0.766. The number of anilines is 1. The third-order valence-corrected chi connectivity index (χ3v) is 2.46. The van der Waals surface area contributed by atoms with Crippen LogP contribution in [0.3, 0.4) is 0 Å². The second-order valence-corrected chi connectivity index (χ2v) is 3.79. The van der Waals surface area contributed by atoms with Crippen LogP contribution in [0.4, 0.5) is 5.69 Å². The van der Waals surface area contributed by atoms with Crippen molar-refractivity contribution in [2.75, 3.05) is 12.4 Å². The zero-order valence-corrected chi connectivity index (χ0v) is 10.1. The molecule has 0 aliphatic heterocycles. The first kappa shape index (κ1) is 13.0. The number of hydrogen-bond acceptors (Lipinski definition) is 4. The van der Waals surface area contributed by atoms with Gasteiger partial charge in [0.2, 0.25) is 5.91 Å². The van der Waals surface area contributed by atoms with Crippen LogP contribution in [0, 0.1) is 6.92 Å². The van der Waals surface area contributed by atoms with Gasteiger partial charge < -0.3 is 15.8 Å². The van der Waals surface area contributed by atoms with Gasteiger partial charge in [0.15, 0.2) is 0 Å². The average Bonchev–Trinajstić information content (AvgIpc) is 2.30. The Labute approximate surface area is 99.9 Å². The number of aryl methyl sites for hydroxylation is 1. The summed E-state index contributed by atoms with van der Waals surface area (Å²) in [5.74, 6) is -0.868. The maximum atomic E-state index is 11.4. The number of rotatable bonds is 4. The fourth-order valence-electron chi connectivity index (χ4n) is 1.33. The summed E-state index contributed by atoms with van der Waals surface area (Å²) in [4.78, 5) is 22.3. The topological polar surface area (TPSA) is 81.4 Å². The van der Waals surface area contributed by atoms with Crippen LogP contribution in [-0.2, 0) is 9.53 Å². The Morgan fingerprint density at radius 2 is 2.06 bits per heavy atom. The molecule has 0 aliphatic rings. The van der Waals surface area contributed by atoms with Crippen LogP contribution in [0.5, 0.6) is 0 Å². The first-order valence-electron chi connectivity index (χ1n) is 5.20. The normalized spacial score (nSPS) is 11.7. The van der Waals surface area contributed by atoms with Gasteiger partial charge in [0.1, 0.15) is 6.04 Å². The first-order valence-corrected chi connectivity index (χ1v) is 5.20. The van der Waals surface area contributed by atoms with Gasteiger partial charge in [-0.15, -0.1) is 0 Å². The number of benzene rings is 1. The highest BCUT2D eigenvalue weighted by Gasteiger charge is 2.12. The van der Waals surface area contributed by atoms with E-state index in [2.05, 4.69) is 10.1 Å². The fourth-order valence-corrected chi connectivity index (χ4v) is 1.33. The van der Waals surface area contributed by atoms with E-state index >= 15 is 0 Å². The number of carbonyl (C=O) groups is 2. The van der Waals surface area contributed by atoms with Gasteiger partial charge in [-0.05, 0) is 31.5 Å². The van der Waals surface area contributed by atoms with Crippen molar-refractivity contribution in [1.82, 2.24) is 0 Å². The molecule has 0 saturated carbocycles. The van der Waals surface area contributed by atoms with E-state index in [1.807, 2.05) is 6.92 Å². The third-order valence-electron chi connectivity index (χ3n) is 2.46. The van der Waals surface area contributed by atoms with Crippen LogP contribution < -0.4 is 11.1 Å². The SMILES string of the molecule is COC(=O)c1ccc(C)c(N[C@@H](C)C(N)=O)c1. The van der Waals surface area contributed by atoms with E-state index < -0.39 is 17.9 Å². The summed E-state index contributed by atoms with van der Waals surface area (Å²) in [6.45, 7) is 3.53. The Morgan fingerprint density at radius 3 is 2.59 bits per heavy atom. The van der Waals surface area contributed by atoms with Crippen LogP contribution in [0.15, 0.2) is 18.2 Å². The van der Waals surface area contributed by atoms with Crippen molar-refractivity contribution in [3.63, 3.8) is 0 Å². The van der Waals surface area contributed by atoms with E-state index in [0.29, 0.717) is 11.3 Å². The van der Waals surface area contributed by atoms with Gasteiger partial charge in [0.05, 0.1) is 12.7 Å². The lowest BCUT2D eigenvalue weighted by Crippen LogP contribution is -2.32. The summed E-state index contributed by atoms with van der Waals surface area (Å²) >= 11 is 0. The molecule has 1 rings (SSSR count). The van der Waals surface area contributed by atoms with Gasteiger partial charge in [0, 0.05) is 5.69 Å².